The average molecular weight is 409 g/mol. The summed E-state index contributed by atoms with van der Waals surface area (Å²) in [6.07, 6.45) is 1.15. The molecule has 0 aliphatic heterocycles. The second-order valence-electron chi connectivity index (χ2n) is 6.20. The van der Waals surface area contributed by atoms with Gasteiger partial charge in [-0.3, -0.25) is 19.6 Å². The molecule has 10 heteroatoms. The van der Waals surface area contributed by atoms with Crippen LogP contribution in [-0.2, 0) is 23.9 Å². The Labute approximate surface area is 168 Å². The molecule has 0 aromatic heterocycles. The third-order valence-electron chi connectivity index (χ3n) is 4.04. The highest BCUT2D eigenvalue weighted by atomic mass is 16.5. The molecule has 0 aliphatic carbocycles. The summed E-state index contributed by atoms with van der Waals surface area (Å²) in [7, 11) is 2.73. The first kappa shape index (κ1) is 23.9. The number of esters is 1. The molecule has 1 aromatic rings. The highest BCUT2D eigenvalue weighted by Gasteiger charge is 2.22. The summed E-state index contributed by atoms with van der Waals surface area (Å²) in [5.74, 6) is -1.21. The van der Waals surface area contributed by atoms with Crippen molar-refractivity contribution in [1.82, 2.24) is 10.8 Å². The molecule has 1 aromatic carbocycles. The van der Waals surface area contributed by atoms with E-state index in [2.05, 4.69) is 15.4 Å². The van der Waals surface area contributed by atoms with E-state index in [-0.39, 0.29) is 37.5 Å². The van der Waals surface area contributed by atoms with Gasteiger partial charge in [0.05, 0.1) is 14.2 Å². The maximum atomic E-state index is 12.0. The second-order valence-corrected chi connectivity index (χ2v) is 6.20. The van der Waals surface area contributed by atoms with Crippen LogP contribution >= 0.6 is 0 Å². The monoisotopic (exact) mass is 409 g/mol. The smallest absolute Gasteiger partial charge is 0.328 e. The fraction of sp³-hybridized carbons (Fsp3) is 0.474. The molecule has 0 bridgehead atoms. The second kappa shape index (κ2) is 13.1. The zero-order valence-corrected chi connectivity index (χ0v) is 16.5. The summed E-state index contributed by atoms with van der Waals surface area (Å²) in [5.41, 5.74) is 2.11. The fourth-order valence-corrected chi connectivity index (χ4v) is 2.46. The number of nitrogens with one attached hydrogen (secondary N) is 3. The van der Waals surface area contributed by atoms with E-state index in [1.165, 1.54) is 12.6 Å². The summed E-state index contributed by atoms with van der Waals surface area (Å²) in [4.78, 5) is 46.7. The number of rotatable bonds is 12. The number of unbranched alkanes of at least 4 members (excludes halogenated alkanes) is 1. The van der Waals surface area contributed by atoms with Crippen molar-refractivity contribution in [2.45, 2.75) is 44.6 Å². The van der Waals surface area contributed by atoms with E-state index in [9.17, 15) is 19.2 Å². The molecule has 0 saturated carbocycles. The molecule has 0 heterocycles. The number of benzene rings is 1. The van der Waals surface area contributed by atoms with Gasteiger partial charge in [0.25, 0.3) is 0 Å². The zero-order valence-electron chi connectivity index (χ0n) is 16.5. The standard InChI is InChI=1S/C19H27N3O7/c1-28-14-9-7-13(8-10-14)20-16(23)5-3-4-6-17(24)21-15(19(26)29-2)11-12-18(25)22-27/h7-10,15,27H,3-6,11-12H2,1-2H3,(H,20,23)(H,21,24)(H,22,25)/t15-/m0/s1. The van der Waals surface area contributed by atoms with Crippen LogP contribution in [-0.4, -0.2) is 49.2 Å². The van der Waals surface area contributed by atoms with Gasteiger partial charge >= 0.3 is 5.97 Å². The SMILES string of the molecule is COC(=O)[C@H](CCC(=O)NO)NC(=O)CCCCC(=O)Nc1ccc(OC)cc1. The van der Waals surface area contributed by atoms with Crippen molar-refractivity contribution >= 4 is 29.4 Å². The van der Waals surface area contributed by atoms with Gasteiger partial charge in [-0.25, -0.2) is 10.3 Å². The molecule has 0 fully saturated rings. The number of anilines is 1. The van der Waals surface area contributed by atoms with Crippen molar-refractivity contribution in [2.24, 2.45) is 0 Å². The van der Waals surface area contributed by atoms with E-state index in [0.717, 1.165) is 0 Å². The van der Waals surface area contributed by atoms with Crippen LogP contribution in [0.3, 0.4) is 0 Å². The van der Waals surface area contributed by atoms with Gasteiger partial charge in [-0.1, -0.05) is 0 Å². The number of carbonyl (C=O) groups excluding carboxylic acids is 4. The van der Waals surface area contributed by atoms with E-state index in [1.54, 1.807) is 31.4 Å². The van der Waals surface area contributed by atoms with Gasteiger partial charge in [-0.15, -0.1) is 0 Å². The van der Waals surface area contributed by atoms with Gasteiger partial charge in [0.15, 0.2) is 0 Å². The normalized spacial score (nSPS) is 11.1. The third-order valence-corrected chi connectivity index (χ3v) is 4.04. The number of methoxy groups -OCH3 is 2. The Bertz CT molecular complexity index is 692. The lowest BCUT2D eigenvalue weighted by Gasteiger charge is -2.16. The molecule has 0 radical (unpaired) electrons. The van der Waals surface area contributed by atoms with Crippen LogP contribution in [0.15, 0.2) is 24.3 Å². The van der Waals surface area contributed by atoms with Crippen LogP contribution in [0.2, 0.25) is 0 Å². The molecule has 0 spiro atoms. The van der Waals surface area contributed by atoms with Gasteiger partial charge in [-0.05, 0) is 43.5 Å². The first-order valence-corrected chi connectivity index (χ1v) is 9.13. The molecule has 0 unspecified atom stereocenters. The molecule has 0 saturated heterocycles. The number of hydroxylamine groups is 1. The predicted molar refractivity (Wildman–Crippen MR) is 103 cm³/mol. The molecule has 4 N–H and O–H groups in total. The summed E-state index contributed by atoms with van der Waals surface area (Å²) in [5, 5.41) is 13.7. The van der Waals surface area contributed by atoms with Crippen molar-refractivity contribution < 1.29 is 33.9 Å². The Kier molecular flexibility index (Phi) is 10.8. The molecule has 160 valence electrons. The topological polar surface area (TPSA) is 143 Å². The van der Waals surface area contributed by atoms with E-state index < -0.39 is 17.9 Å². The summed E-state index contributed by atoms with van der Waals surface area (Å²) >= 11 is 0. The molecule has 10 nitrogen and oxygen atoms in total. The molecule has 1 rings (SSSR count). The molecule has 0 aliphatic rings. The van der Waals surface area contributed by atoms with Gasteiger partial charge < -0.3 is 20.1 Å². The predicted octanol–water partition coefficient (Wildman–Crippen LogP) is 1.14. The Balaban J connectivity index is 2.32. The van der Waals surface area contributed by atoms with Crippen molar-refractivity contribution in [3.63, 3.8) is 0 Å². The summed E-state index contributed by atoms with van der Waals surface area (Å²) < 4.78 is 9.65. The van der Waals surface area contributed by atoms with Crippen LogP contribution < -0.4 is 20.9 Å². The average Bonchev–Trinajstić information content (AvgIpc) is 2.73. The lowest BCUT2D eigenvalue weighted by atomic mass is 10.1. The van der Waals surface area contributed by atoms with E-state index in [4.69, 9.17) is 9.94 Å². The molecular weight excluding hydrogens is 382 g/mol. The maximum Gasteiger partial charge on any atom is 0.328 e. The van der Waals surface area contributed by atoms with Gasteiger partial charge in [0, 0.05) is 24.9 Å². The van der Waals surface area contributed by atoms with Crippen molar-refractivity contribution in [2.75, 3.05) is 19.5 Å². The Hall–Kier alpha value is -3.14. The van der Waals surface area contributed by atoms with Gasteiger partial charge in [0.1, 0.15) is 11.8 Å². The molecule has 1 atom stereocenters. The highest BCUT2D eigenvalue weighted by Crippen LogP contribution is 2.15. The van der Waals surface area contributed by atoms with Gasteiger partial charge in [0.2, 0.25) is 17.7 Å². The van der Waals surface area contributed by atoms with Crippen molar-refractivity contribution in [3.8, 4) is 5.75 Å². The lowest BCUT2D eigenvalue weighted by Crippen LogP contribution is -2.42. The Morgan fingerprint density at radius 2 is 1.55 bits per heavy atom. The number of hydrogen-bond donors (Lipinski definition) is 4. The number of ether oxygens (including phenoxy) is 2. The van der Waals surface area contributed by atoms with Crippen LogP contribution in [0.4, 0.5) is 5.69 Å². The van der Waals surface area contributed by atoms with Crippen LogP contribution in [0, 0.1) is 0 Å². The molecule has 3 amide bonds. The first-order valence-electron chi connectivity index (χ1n) is 9.13. The summed E-state index contributed by atoms with van der Waals surface area (Å²) in [6, 6.07) is 5.95. The molecular formula is C19H27N3O7. The zero-order chi connectivity index (χ0) is 21.6. The Morgan fingerprint density at radius 1 is 0.931 bits per heavy atom. The van der Waals surface area contributed by atoms with E-state index in [1.807, 2.05) is 0 Å². The molecule has 29 heavy (non-hydrogen) atoms. The lowest BCUT2D eigenvalue weighted by molar-refractivity contribution is -0.145. The van der Waals surface area contributed by atoms with Crippen LogP contribution in [0.1, 0.15) is 38.5 Å². The minimum atomic E-state index is -0.983. The summed E-state index contributed by atoms with van der Waals surface area (Å²) in [6.45, 7) is 0. The maximum absolute atomic E-state index is 12.0. The third kappa shape index (κ3) is 9.56. The van der Waals surface area contributed by atoms with E-state index in [0.29, 0.717) is 24.3 Å². The largest absolute Gasteiger partial charge is 0.497 e. The first-order chi connectivity index (χ1) is 13.9. The highest BCUT2D eigenvalue weighted by molar-refractivity contribution is 5.90. The van der Waals surface area contributed by atoms with Crippen LogP contribution in [0.5, 0.6) is 5.75 Å². The number of amides is 3. The van der Waals surface area contributed by atoms with Crippen LogP contribution in [0.25, 0.3) is 0 Å². The van der Waals surface area contributed by atoms with Gasteiger partial charge in [-0.2, -0.15) is 0 Å². The minimum absolute atomic E-state index is 0.00489. The van der Waals surface area contributed by atoms with Crippen molar-refractivity contribution in [3.05, 3.63) is 24.3 Å². The Morgan fingerprint density at radius 3 is 2.10 bits per heavy atom. The van der Waals surface area contributed by atoms with E-state index >= 15 is 0 Å². The number of carbonyl (C=O) groups is 4. The number of hydrogen-bond acceptors (Lipinski definition) is 7. The fourth-order valence-electron chi connectivity index (χ4n) is 2.46. The minimum Gasteiger partial charge on any atom is -0.497 e. The van der Waals surface area contributed by atoms with Crippen molar-refractivity contribution in [1.29, 1.82) is 0 Å². The quantitative estimate of drug-likeness (QED) is 0.175.